The SMILES string of the molecule is CCN1CCN(c2ccc(CNC(=NC)NC)cn2)CC1. The van der Waals surface area contributed by atoms with Crippen LogP contribution in [0.3, 0.4) is 0 Å². The Bertz CT molecular complexity index is 448. The van der Waals surface area contributed by atoms with Gasteiger partial charge in [0.25, 0.3) is 0 Å². The van der Waals surface area contributed by atoms with Gasteiger partial charge in [-0.25, -0.2) is 4.98 Å². The molecule has 0 radical (unpaired) electrons. The number of likely N-dealkylation sites (N-methyl/N-ethyl adjacent to an activating group) is 1. The summed E-state index contributed by atoms with van der Waals surface area (Å²) >= 11 is 0. The van der Waals surface area contributed by atoms with Crippen molar-refractivity contribution in [2.45, 2.75) is 13.5 Å². The fourth-order valence-corrected chi connectivity index (χ4v) is 2.47. The number of guanidine groups is 1. The Kier molecular flexibility index (Phi) is 5.80. The van der Waals surface area contributed by atoms with Gasteiger partial charge >= 0.3 is 0 Å². The van der Waals surface area contributed by atoms with Gasteiger partial charge in [-0.15, -0.1) is 0 Å². The molecule has 1 aliphatic heterocycles. The molecule has 2 heterocycles. The lowest BCUT2D eigenvalue weighted by Gasteiger charge is -2.34. The van der Waals surface area contributed by atoms with Crippen molar-refractivity contribution < 1.29 is 0 Å². The average Bonchev–Trinajstić information content (AvgIpc) is 2.56. The van der Waals surface area contributed by atoms with E-state index in [4.69, 9.17) is 0 Å². The van der Waals surface area contributed by atoms with Crippen LogP contribution >= 0.6 is 0 Å². The standard InChI is InChI=1S/C15H26N6/c1-4-20-7-9-21(10-8-20)14-6-5-13(11-18-14)12-19-15(16-2)17-3/h5-6,11H,4,7-10,12H2,1-3H3,(H2,16,17,19). The van der Waals surface area contributed by atoms with E-state index in [0.29, 0.717) is 0 Å². The van der Waals surface area contributed by atoms with E-state index in [0.717, 1.165) is 56.6 Å². The lowest BCUT2D eigenvalue weighted by molar-refractivity contribution is 0.270. The van der Waals surface area contributed by atoms with Crippen LogP contribution in [0.2, 0.25) is 0 Å². The number of hydrogen-bond donors (Lipinski definition) is 2. The van der Waals surface area contributed by atoms with Gasteiger partial charge in [0.15, 0.2) is 5.96 Å². The van der Waals surface area contributed by atoms with E-state index < -0.39 is 0 Å². The number of pyridine rings is 1. The van der Waals surface area contributed by atoms with Gasteiger partial charge < -0.3 is 20.4 Å². The second-order valence-corrected chi connectivity index (χ2v) is 5.12. The molecule has 0 bridgehead atoms. The summed E-state index contributed by atoms with van der Waals surface area (Å²) in [5, 5.41) is 6.23. The smallest absolute Gasteiger partial charge is 0.190 e. The third-order valence-electron chi connectivity index (χ3n) is 3.87. The van der Waals surface area contributed by atoms with E-state index in [1.54, 1.807) is 7.05 Å². The molecular formula is C15H26N6. The third kappa shape index (κ3) is 4.32. The van der Waals surface area contributed by atoms with Gasteiger partial charge in [0.05, 0.1) is 0 Å². The molecule has 21 heavy (non-hydrogen) atoms. The van der Waals surface area contributed by atoms with Gasteiger partial charge in [0.1, 0.15) is 5.82 Å². The molecule has 2 N–H and O–H groups in total. The van der Waals surface area contributed by atoms with E-state index in [1.807, 2.05) is 13.2 Å². The molecule has 6 heteroatoms. The van der Waals surface area contributed by atoms with E-state index in [-0.39, 0.29) is 0 Å². The quantitative estimate of drug-likeness (QED) is 0.625. The summed E-state index contributed by atoms with van der Waals surface area (Å²) in [6, 6.07) is 4.24. The van der Waals surface area contributed by atoms with E-state index in [1.165, 1.54) is 0 Å². The molecule has 1 aromatic heterocycles. The summed E-state index contributed by atoms with van der Waals surface area (Å²) in [6.45, 7) is 8.45. The summed E-state index contributed by atoms with van der Waals surface area (Å²) in [5.41, 5.74) is 1.15. The van der Waals surface area contributed by atoms with Crippen LogP contribution in [-0.2, 0) is 6.54 Å². The first-order valence-electron chi connectivity index (χ1n) is 7.57. The van der Waals surface area contributed by atoms with E-state index in [9.17, 15) is 0 Å². The lowest BCUT2D eigenvalue weighted by atomic mass is 10.2. The maximum absolute atomic E-state index is 4.59. The van der Waals surface area contributed by atoms with Crippen molar-refractivity contribution >= 4 is 11.8 Å². The normalized spacial score (nSPS) is 16.9. The molecule has 0 saturated carbocycles. The van der Waals surface area contributed by atoms with Gasteiger partial charge in [0, 0.05) is 53.0 Å². The number of anilines is 1. The average molecular weight is 290 g/mol. The van der Waals surface area contributed by atoms with E-state index >= 15 is 0 Å². The number of hydrogen-bond acceptors (Lipinski definition) is 4. The number of aromatic nitrogens is 1. The largest absolute Gasteiger partial charge is 0.359 e. The molecule has 6 nitrogen and oxygen atoms in total. The van der Waals surface area contributed by atoms with Gasteiger partial charge in [-0.1, -0.05) is 13.0 Å². The first kappa shape index (κ1) is 15.6. The minimum atomic E-state index is 0.727. The maximum Gasteiger partial charge on any atom is 0.190 e. The van der Waals surface area contributed by atoms with Crippen LogP contribution < -0.4 is 15.5 Å². The summed E-state index contributed by atoms with van der Waals surface area (Å²) in [4.78, 5) is 13.5. The molecular weight excluding hydrogens is 264 g/mol. The number of aliphatic imine (C=N–C) groups is 1. The van der Waals surface area contributed by atoms with Gasteiger partial charge in [-0.2, -0.15) is 0 Å². The number of nitrogens with zero attached hydrogens (tertiary/aromatic N) is 4. The lowest BCUT2D eigenvalue weighted by Crippen LogP contribution is -2.46. The zero-order valence-electron chi connectivity index (χ0n) is 13.3. The highest BCUT2D eigenvalue weighted by Gasteiger charge is 2.16. The highest BCUT2D eigenvalue weighted by molar-refractivity contribution is 5.79. The first-order chi connectivity index (χ1) is 10.3. The van der Waals surface area contributed by atoms with Crippen LogP contribution in [0, 0.1) is 0 Å². The fraction of sp³-hybridized carbons (Fsp3) is 0.600. The summed E-state index contributed by atoms with van der Waals surface area (Å²) in [6.07, 6.45) is 1.94. The Hall–Kier alpha value is -1.82. The number of piperazine rings is 1. The molecule has 0 aromatic carbocycles. The van der Waals surface area contributed by atoms with Crippen LogP contribution in [0.25, 0.3) is 0 Å². The third-order valence-corrected chi connectivity index (χ3v) is 3.87. The molecule has 0 amide bonds. The van der Waals surface area contributed by atoms with Gasteiger partial charge in [0.2, 0.25) is 0 Å². The number of nitrogens with one attached hydrogen (secondary N) is 2. The Morgan fingerprint density at radius 3 is 2.57 bits per heavy atom. The Labute approximate surface area is 127 Å². The Morgan fingerprint density at radius 2 is 2.05 bits per heavy atom. The highest BCUT2D eigenvalue weighted by Crippen LogP contribution is 2.13. The zero-order chi connectivity index (χ0) is 15.1. The first-order valence-corrected chi connectivity index (χ1v) is 7.57. The molecule has 116 valence electrons. The predicted octanol–water partition coefficient (Wildman–Crippen LogP) is 0.518. The van der Waals surface area contributed by atoms with Crippen molar-refractivity contribution in [1.82, 2.24) is 20.5 Å². The Balaban J connectivity index is 1.87. The van der Waals surface area contributed by atoms with Crippen molar-refractivity contribution in [3.8, 4) is 0 Å². The van der Waals surface area contributed by atoms with Crippen molar-refractivity contribution in [2.75, 3.05) is 51.7 Å². The molecule has 0 aliphatic carbocycles. The minimum absolute atomic E-state index is 0.727. The molecule has 1 saturated heterocycles. The van der Waals surface area contributed by atoms with Gasteiger partial charge in [-0.05, 0) is 18.2 Å². The monoisotopic (exact) mass is 290 g/mol. The van der Waals surface area contributed by atoms with Gasteiger partial charge in [-0.3, -0.25) is 4.99 Å². The Morgan fingerprint density at radius 1 is 1.29 bits per heavy atom. The van der Waals surface area contributed by atoms with Crippen molar-refractivity contribution in [3.63, 3.8) is 0 Å². The van der Waals surface area contributed by atoms with Crippen LogP contribution in [0.1, 0.15) is 12.5 Å². The van der Waals surface area contributed by atoms with Crippen molar-refractivity contribution in [3.05, 3.63) is 23.9 Å². The molecule has 1 aromatic rings. The zero-order valence-corrected chi connectivity index (χ0v) is 13.3. The minimum Gasteiger partial charge on any atom is -0.359 e. The second-order valence-electron chi connectivity index (χ2n) is 5.12. The predicted molar refractivity (Wildman–Crippen MR) is 87.8 cm³/mol. The summed E-state index contributed by atoms with van der Waals surface area (Å²) in [5.74, 6) is 1.86. The van der Waals surface area contributed by atoms with Crippen LogP contribution in [0.5, 0.6) is 0 Å². The molecule has 0 spiro atoms. The van der Waals surface area contributed by atoms with Crippen LogP contribution in [0.4, 0.5) is 5.82 Å². The molecule has 0 unspecified atom stereocenters. The number of rotatable bonds is 4. The summed E-state index contributed by atoms with van der Waals surface area (Å²) < 4.78 is 0. The second kappa shape index (κ2) is 7.83. The van der Waals surface area contributed by atoms with Crippen LogP contribution in [0.15, 0.2) is 23.3 Å². The fourth-order valence-electron chi connectivity index (χ4n) is 2.47. The van der Waals surface area contributed by atoms with Crippen molar-refractivity contribution in [2.24, 2.45) is 4.99 Å². The van der Waals surface area contributed by atoms with E-state index in [2.05, 4.69) is 49.5 Å². The molecule has 1 fully saturated rings. The summed E-state index contributed by atoms with van der Waals surface area (Å²) in [7, 11) is 3.61. The molecule has 2 rings (SSSR count). The maximum atomic E-state index is 4.59. The molecule has 1 aliphatic rings. The van der Waals surface area contributed by atoms with Crippen LogP contribution in [-0.4, -0.2) is 62.7 Å². The van der Waals surface area contributed by atoms with Crippen molar-refractivity contribution in [1.29, 1.82) is 0 Å². The highest BCUT2D eigenvalue weighted by atomic mass is 15.3. The molecule has 0 atom stereocenters. The topological polar surface area (TPSA) is 55.8 Å².